The topological polar surface area (TPSA) is 55.8 Å². The number of sulfone groups is 1. The standard InChI is InChI=1S/C12H13NO4S2/c1-16-9-4-2-8(3-5-9)13-10-6-19(14,15)7-11(10)17-12(13)18/h2-5,10-11H,6-7H2,1H3. The average Bonchev–Trinajstić information content (AvgIpc) is 2.79. The van der Waals surface area contributed by atoms with E-state index in [9.17, 15) is 8.42 Å². The van der Waals surface area contributed by atoms with E-state index in [0.717, 1.165) is 11.4 Å². The first-order valence-corrected chi connectivity index (χ1v) is 8.07. The number of hydrogen-bond donors (Lipinski definition) is 0. The summed E-state index contributed by atoms with van der Waals surface area (Å²) >= 11 is 5.19. The van der Waals surface area contributed by atoms with E-state index in [1.54, 1.807) is 12.0 Å². The summed E-state index contributed by atoms with van der Waals surface area (Å²) in [6.07, 6.45) is -0.348. The van der Waals surface area contributed by atoms with Crippen LogP contribution in [-0.4, -0.2) is 44.4 Å². The molecule has 2 aliphatic heterocycles. The third kappa shape index (κ3) is 2.17. The molecule has 1 aromatic carbocycles. The molecule has 0 saturated carbocycles. The van der Waals surface area contributed by atoms with Gasteiger partial charge >= 0.3 is 0 Å². The molecule has 0 aliphatic carbocycles. The summed E-state index contributed by atoms with van der Waals surface area (Å²) < 4.78 is 33.9. The van der Waals surface area contributed by atoms with Gasteiger partial charge in [-0.05, 0) is 36.5 Å². The summed E-state index contributed by atoms with van der Waals surface area (Å²) in [5.74, 6) is 0.874. The molecule has 102 valence electrons. The molecule has 19 heavy (non-hydrogen) atoms. The van der Waals surface area contributed by atoms with Crippen molar-refractivity contribution in [3.63, 3.8) is 0 Å². The first-order chi connectivity index (χ1) is 9.00. The minimum atomic E-state index is -3.03. The number of thiocarbonyl (C=S) groups is 1. The van der Waals surface area contributed by atoms with Crippen LogP contribution in [0, 0.1) is 0 Å². The van der Waals surface area contributed by atoms with Gasteiger partial charge < -0.3 is 9.47 Å². The maximum Gasteiger partial charge on any atom is 0.264 e. The molecule has 0 spiro atoms. The Bertz CT molecular complexity index is 611. The minimum Gasteiger partial charge on any atom is -0.497 e. The van der Waals surface area contributed by atoms with Gasteiger partial charge in [0.1, 0.15) is 11.9 Å². The molecule has 0 radical (unpaired) electrons. The molecule has 2 heterocycles. The van der Waals surface area contributed by atoms with Crippen LogP contribution in [0.3, 0.4) is 0 Å². The Morgan fingerprint density at radius 2 is 2.00 bits per heavy atom. The van der Waals surface area contributed by atoms with Gasteiger partial charge in [0.25, 0.3) is 5.17 Å². The molecule has 0 bridgehead atoms. The number of anilines is 1. The van der Waals surface area contributed by atoms with Crippen LogP contribution in [0.25, 0.3) is 0 Å². The van der Waals surface area contributed by atoms with E-state index in [2.05, 4.69) is 0 Å². The Balaban J connectivity index is 1.92. The van der Waals surface area contributed by atoms with Gasteiger partial charge in [-0.25, -0.2) is 8.42 Å². The normalized spacial score (nSPS) is 28.1. The highest BCUT2D eigenvalue weighted by molar-refractivity contribution is 7.91. The number of ether oxygens (including phenoxy) is 2. The molecule has 2 fully saturated rings. The van der Waals surface area contributed by atoms with E-state index < -0.39 is 9.84 Å². The molecular weight excluding hydrogens is 286 g/mol. The van der Waals surface area contributed by atoms with Crippen molar-refractivity contribution in [1.82, 2.24) is 0 Å². The van der Waals surface area contributed by atoms with Crippen molar-refractivity contribution in [2.75, 3.05) is 23.5 Å². The van der Waals surface area contributed by atoms with Crippen LogP contribution in [0.4, 0.5) is 5.69 Å². The SMILES string of the molecule is COc1ccc(N2C(=S)OC3CS(=O)(=O)CC32)cc1. The lowest BCUT2D eigenvalue weighted by molar-refractivity contribution is 0.244. The number of benzene rings is 1. The highest BCUT2D eigenvalue weighted by Crippen LogP contribution is 2.33. The second kappa shape index (κ2) is 4.35. The van der Waals surface area contributed by atoms with Crippen molar-refractivity contribution in [3.05, 3.63) is 24.3 Å². The zero-order chi connectivity index (χ0) is 13.6. The van der Waals surface area contributed by atoms with Crippen molar-refractivity contribution in [3.8, 4) is 5.75 Å². The molecule has 1 aromatic rings. The fourth-order valence-corrected chi connectivity index (χ4v) is 4.69. The van der Waals surface area contributed by atoms with Crippen LogP contribution in [0.1, 0.15) is 0 Å². The fourth-order valence-electron chi connectivity index (χ4n) is 2.51. The molecular formula is C12H13NO4S2. The maximum atomic E-state index is 11.7. The van der Waals surface area contributed by atoms with Crippen LogP contribution in [0.2, 0.25) is 0 Å². The monoisotopic (exact) mass is 299 g/mol. The maximum absolute atomic E-state index is 11.7. The van der Waals surface area contributed by atoms with Crippen LogP contribution in [0.15, 0.2) is 24.3 Å². The van der Waals surface area contributed by atoms with E-state index >= 15 is 0 Å². The second-order valence-corrected chi connectivity index (χ2v) is 7.14. The fraction of sp³-hybridized carbons (Fsp3) is 0.417. The first-order valence-electron chi connectivity index (χ1n) is 5.84. The number of nitrogens with zero attached hydrogens (tertiary/aromatic N) is 1. The lowest BCUT2D eigenvalue weighted by Crippen LogP contribution is -2.36. The molecule has 3 rings (SSSR count). The third-order valence-electron chi connectivity index (χ3n) is 3.40. The molecule has 5 nitrogen and oxygen atoms in total. The molecule has 2 aliphatic rings. The minimum absolute atomic E-state index is 0.0461. The van der Waals surface area contributed by atoms with E-state index in [1.165, 1.54) is 0 Å². The zero-order valence-electron chi connectivity index (χ0n) is 10.3. The smallest absolute Gasteiger partial charge is 0.264 e. The molecule has 7 heteroatoms. The first kappa shape index (κ1) is 12.7. The van der Waals surface area contributed by atoms with Crippen molar-refractivity contribution in [2.24, 2.45) is 0 Å². The second-order valence-electron chi connectivity index (χ2n) is 4.63. The lowest BCUT2D eigenvalue weighted by atomic mass is 10.2. The summed E-state index contributed by atoms with van der Waals surface area (Å²) in [5.41, 5.74) is 0.829. The van der Waals surface area contributed by atoms with Crippen LogP contribution >= 0.6 is 12.2 Å². The Labute approximate surface area is 117 Å². The Hall–Kier alpha value is -1.34. The van der Waals surface area contributed by atoms with Gasteiger partial charge in [0.2, 0.25) is 0 Å². The van der Waals surface area contributed by atoms with E-state index in [1.807, 2.05) is 24.3 Å². The Morgan fingerprint density at radius 3 is 2.63 bits per heavy atom. The highest BCUT2D eigenvalue weighted by Gasteiger charge is 2.49. The van der Waals surface area contributed by atoms with Crippen LogP contribution in [-0.2, 0) is 14.6 Å². The quantitative estimate of drug-likeness (QED) is 0.759. The van der Waals surface area contributed by atoms with E-state index in [-0.39, 0.29) is 23.7 Å². The summed E-state index contributed by atoms with van der Waals surface area (Å²) in [7, 11) is -1.44. The van der Waals surface area contributed by atoms with E-state index in [4.69, 9.17) is 21.7 Å². The largest absolute Gasteiger partial charge is 0.497 e. The highest BCUT2D eigenvalue weighted by atomic mass is 32.2. The third-order valence-corrected chi connectivity index (χ3v) is 5.38. The van der Waals surface area contributed by atoms with E-state index in [0.29, 0.717) is 5.17 Å². The predicted octanol–water partition coefficient (Wildman–Crippen LogP) is 0.982. The molecule has 2 atom stereocenters. The zero-order valence-corrected chi connectivity index (χ0v) is 11.9. The van der Waals surface area contributed by atoms with Gasteiger partial charge in [0, 0.05) is 5.69 Å². The number of hydrogen-bond acceptors (Lipinski definition) is 5. The molecule has 0 aromatic heterocycles. The van der Waals surface area contributed by atoms with Crippen molar-refractivity contribution in [2.45, 2.75) is 12.1 Å². The number of rotatable bonds is 2. The van der Waals surface area contributed by atoms with Gasteiger partial charge in [-0.2, -0.15) is 0 Å². The van der Waals surface area contributed by atoms with Gasteiger partial charge in [0.15, 0.2) is 9.84 Å². The van der Waals surface area contributed by atoms with Crippen LogP contribution in [0.5, 0.6) is 5.75 Å². The van der Waals surface area contributed by atoms with Gasteiger partial charge in [-0.1, -0.05) is 0 Å². The summed E-state index contributed by atoms with van der Waals surface area (Å²) in [4.78, 5) is 1.78. The predicted molar refractivity (Wildman–Crippen MR) is 75.4 cm³/mol. The lowest BCUT2D eigenvalue weighted by Gasteiger charge is -2.21. The van der Waals surface area contributed by atoms with Gasteiger partial charge in [-0.15, -0.1) is 0 Å². The Morgan fingerprint density at radius 1 is 1.32 bits per heavy atom. The molecule has 2 saturated heterocycles. The summed E-state index contributed by atoms with van der Waals surface area (Å²) in [5, 5.41) is 0.343. The van der Waals surface area contributed by atoms with Crippen molar-refractivity contribution in [1.29, 1.82) is 0 Å². The molecule has 0 N–H and O–H groups in total. The number of fused-ring (bicyclic) bond motifs is 1. The summed E-state index contributed by atoms with van der Waals surface area (Å²) in [6.45, 7) is 0. The van der Waals surface area contributed by atoms with Crippen molar-refractivity contribution >= 4 is 32.9 Å². The van der Waals surface area contributed by atoms with Crippen LogP contribution < -0.4 is 9.64 Å². The average molecular weight is 299 g/mol. The summed E-state index contributed by atoms with van der Waals surface area (Å²) in [6, 6.07) is 7.11. The number of methoxy groups -OCH3 is 1. The van der Waals surface area contributed by atoms with Gasteiger partial charge in [0.05, 0.1) is 24.7 Å². The Kier molecular flexibility index (Phi) is 2.90. The molecule has 2 unspecified atom stereocenters. The molecule has 0 amide bonds. The van der Waals surface area contributed by atoms with Gasteiger partial charge in [-0.3, -0.25) is 4.90 Å². The van der Waals surface area contributed by atoms with Crippen molar-refractivity contribution < 1.29 is 17.9 Å².